The molecule has 0 aromatic carbocycles. The van der Waals surface area contributed by atoms with Gasteiger partial charge >= 0.3 is 0 Å². The number of nitrogens with zero attached hydrogens (tertiary/aromatic N) is 3. The summed E-state index contributed by atoms with van der Waals surface area (Å²) in [7, 11) is 0. The minimum absolute atomic E-state index is 0.133. The Balaban J connectivity index is 2.11. The summed E-state index contributed by atoms with van der Waals surface area (Å²) in [5, 5.41) is 25.4. The first kappa shape index (κ1) is 16.5. The molecule has 0 radical (unpaired) electrons. The van der Waals surface area contributed by atoms with Crippen molar-refractivity contribution in [3.63, 3.8) is 0 Å². The van der Waals surface area contributed by atoms with E-state index in [9.17, 15) is 10.4 Å². The Kier molecular flexibility index (Phi) is 5.19. The standard InChI is InChI=1S/C16H25N5O/c1-4-16(2,3)21-14-11(9-17)10-18-15(20-14)19-12-5-7-13(22)8-6-12/h10,12-13,22H,4-8H2,1-3H3,(H2,18,19,20,21)/t12-,13-. The first-order valence-electron chi connectivity index (χ1n) is 7.93. The lowest BCUT2D eigenvalue weighted by Gasteiger charge is -2.27. The van der Waals surface area contributed by atoms with Crippen LogP contribution >= 0.6 is 0 Å². The van der Waals surface area contributed by atoms with Crippen molar-refractivity contribution in [1.29, 1.82) is 5.26 Å². The van der Waals surface area contributed by atoms with Crippen molar-refractivity contribution in [2.75, 3.05) is 10.6 Å². The van der Waals surface area contributed by atoms with Crippen LogP contribution < -0.4 is 10.6 Å². The topological polar surface area (TPSA) is 93.9 Å². The maximum atomic E-state index is 9.56. The Labute approximate surface area is 132 Å². The molecule has 0 unspecified atom stereocenters. The fourth-order valence-electron chi connectivity index (χ4n) is 2.44. The molecule has 1 aromatic heterocycles. The first-order chi connectivity index (χ1) is 10.4. The van der Waals surface area contributed by atoms with Gasteiger partial charge in [-0.25, -0.2) is 4.98 Å². The van der Waals surface area contributed by atoms with E-state index in [1.165, 1.54) is 0 Å². The van der Waals surface area contributed by atoms with Crippen molar-refractivity contribution in [1.82, 2.24) is 9.97 Å². The summed E-state index contributed by atoms with van der Waals surface area (Å²) in [5.74, 6) is 1.11. The van der Waals surface area contributed by atoms with Crippen LogP contribution in [0.25, 0.3) is 0 Å². The van der Waals surface area contributed by atoms with Crippen molar-refractivity contribution in [2.45, 2.75) is 70.6 Å². The second kappa shape index (κ2) is 6.93. The van der Waals surface area contributed by atoms with E-state index in [0.29, 0.717) is 17.3 Å². The summed E-state index contributed by atoms with van der Waals surface area (Å²) >= 11 is 0. The van der Waals surface area contributed by atoms with Gasteiger partial charge in [0.05, 0.1) is 12.3 Å². The molecule has 2 rings (SSSR count). The number of aromatic nitrogens is 2. The van der Waals surface area contributed by atoms with Crippen molar-refractivity contribution in [2.24, 2.45) is 0 Å². The molecule has 22 heavy (non-hydrogen) atoms. The zero-order chi connectivity index (χ0) is 16.2. The number of hydrogen-bond acceptors (Lipinski definition) is 6. The second-order valence-corrected chi connectivity index (χ2v) is 6.58. The van der Waals surface area contributed by atoms with E-state index in [1.807, 2.05) is 0 Å². The summed E-state index contributed by atoms with van der Waals surface area (Å²) in [6, 6.07) is 2.41. The monoisotopic (exact) mass is 303 g/mol. The molecule has 1 aliphatic rings. The smallest absolute Gasteiger partial charge is 0.224 e. The van der Waals surface area contributed by atoms with Crippen LogP contribution in [0.4, 0.5) is 11.8 Å². The van der Waals surface area contributed by atoms with Gasteiger partial charge in [0.25, 0.3) is 0 Å². The van der Waals surface area contributed by atoms with E-state index in [4.69, 9.17) is 0 Å². The van der Waals surface area contributed by atoms with Crippen LogP contribution in [-0.2, 0) is 0 Å². The molecule has 1 fully saturated rings. The highest BCUT2D eigenvalue weighted by molar-refractivity contribution is 5.54. The lowest BCUT2D eigenvalue weighted by Crippen LogP contribution is -2.31. The highest BCUT2D eigenvalue weighted by Gasteiger charge is 2.21. The van der Waals surface area contributed by atoms with E-state index in [1.54, 1.807) is 6.20 Å². The highest BCUT2D eigenvalue weighted by atomic mass is 16.3. The molecule has 1 aromatic rings. The molecule has 0 atom stereocenters. The fourth-order valence-corrected chi connectivity index (χ4v) is 2.44. The maximum Gasteiger partial charge on any atom is 0.224 e. The molecule has 6 heteroatoms. The summed E-state index contributed by atoms with van der Waals surface area (Å²) in [6.45, 7) is 6.24. The van der Waals surface area contributed by atoms with Crippen molar-refractivity contribution >= 4 is 11.8 Å². The third-order valence-corrected chi connectivity index (χ3v) is 4.28. The molecule has 1 heterocycles. The number of rotatable bonds is 5. The maximum absolute atomic E-state index is 9.56. The van der Waals surface area contributed by atoms with Gasteiger partial charge in [-0.3, -0.25) is 0 Å². The van der Waals surface area contributed by atoms with Crippen LogP contribution in [0, 0.1) is 11.3 Å². The highest BCUT2D eigenvalue weighted by Crippen LogP contribution is 2.23. The van der Waals surface area contributed by atoms with E-state index in [2.05, 4.69) is 47.4 Å². The zero-order valence-electron chi connectivity index (χ0n) is 13.6. The number of nitrogens with one attached hydrogen (secondary N) is 2. The number of aliphatic hydroxyl groups is 1. The lowest BCUT2D eigenvalue weighted by molar-refractivity contribution is 0.126. The molecule has 0 aliphatic heterocycles. The average molecular weight is 303 g/mol. The largest absolute Gasteiger partial charge is 0.393 e. The van der Waals surface area contributed by atoms with Gasteiger partial charge in [0.1, 0.15) is 17.5 Å². The summed E-state index contributed by atoms with van der Waals surface area (Å²) < 4.78 is 0. The average Bonchev–Trinajstić information content (AvgIpc) is 2.50. The Hall–Kier alpha value is -1.87. The molecule has 1 aliphatic carbocycles. The predicted octanol–water partition coefficient (Wildman–Crippen LogP) is 2.66. The van der Waals surface area contributed by atoms with Crippen LogP contribution in [0.2, 0.25) is 0 Å². The third-order valence-electron chi connectivity index (χ3n) is 4.28. The zero-order valence-corrected chi connectivity index (χ0v) is 13.6. The van der Waals surface area contributed by atoms with Crippen LogP contribution in [0.3, 0.4) is 0 Å². The molecule has 0 saturated heterocycles. The summed E-state index contributed by atoms with van der Waals surface area (Å²) in [5.41, 5.74) is 0.317. The van der Waals surface area contributed by atoms with Gasteiger partial charge in [-0.2, -0.15) is 10.2 Å². The van der Waals surface area contributed by atoms with E-state index in [-0.39, 0.29) is 17.7 Å². The Morgan fingerprint density at radius 1 is 1.36 bits per heavy atom. The van der Waals surface area contributed by atoms with Gasteiger partial charge in [0.2, 0.25) is 5.95 Å². The number of anilines is 2. The van der Waals surface area contributed by atoms with Crippen molar-refractivity contribution in [3.8, 4) is 6.07 Å². The Bertz CT molecular complexity index is 544. The second-order valence-electron chi connectivity index (χ2n) is 6.58. The predicted molar refractivity (Wildman–Crippen MR) is 86.6 cm³/mol. The van der Waals surface area contributed by atoms with Gasteiger partial charge in [-0.1, -0.05) is 6.92 Å². The van der Waals surface area contributed by atoms with E-state index >= 15 is 0 Å². The fraction of sp³-hybridized carbons (Fsp3) is 0.688. The quantitative estimate of drug-likeness (QED) is 0.774. The minimum Gasteiger partial charge on any atom is -0.393 e. The van der Waals surface area contributed by atoms with Gasteiger partial charge in [0, 0.05) is 11.6 Å². The number of aliphatic hydroxyl groups excluding tert-OH is 1. The minimum atomic E-state index is -0.178. The molecule has 0 spiro atoms. The normalized spacial score (nSPS) is 22.0. The first-order valence-corrected chi connectivity index (χ1v) is 7.93. The summed E-state index contributed by atoms with van der Waals surface area (Å²) in [4.78, 5) is 8.70. The summed E-state index contributed by atoms with van der Waals surface area (Å²) in [6.07, 6.45) is 5.74. The van der Waals surface area contributed by atoms with Crippen LogP contribution in [0.15, 0.2) is 6.20 Å². The van der Waals surface area contributed by atoms with Gasteiger partial charge in [-0.15, -0.1) is 0 Å². The molecule has 1 saturated carbocycles. The molecule has 0 bridgehead atoms. The molecule has 0 amide bonds. The number of nitriles is 1. The van der Waals surface area contributed by atoms with Crippen LogP contribution in [0.1, 0.15) is 58.4 Å². The number of hydrogen-bond donors (Lipinski definition) is 3. The third kappa shape index (κ3) is 4.31. The molecule has 6 nitrogen and oxygen atoms in total. The molecular weight excluding hydrogens is 278 g/mol. The van der Waals surface area contributed by atoms with Gasteiger partial charge in [-0.05, 0) is 46.0 Å². The van der Waals surface area contributed by atoms with Crippen molar-refractivity contribution < 1.29 is 5.11 Å². The Morgan fingerprint density at radius 2 is 2.05 bits per heavy atom. The lowest BCUT2D eigenvalue weighted by atomic mass is 9.93. The van der Waals surface area contributed by atoms with Crippen LogP contribution in [0.5, 0.6) is 0 Å². The van der Waals surface area contributed by atoms with Crippen molar-refractivity contribution in [3.05, 3.63) is 11.8 Å². The van der Waals surface area contributed by atoms with Crippen LogP contribution in [-0.4, -0.2) is 32.8 Å². The van der Waals surface area contributed by atoms with Gasteiger partial charge in [0.15, 0.2) is 0 Å². The SMILES string of the molecule is CCC(C)(C)Nc1nc(N[C@H]2CC[C@H](O)CC2)ncc1C#N. The molecular formula is C16H25N5O. The van der Waals surface area contributed by atoms with E-state index in [0.717, 1.165) is 32.1 Å². The van der Waals surface area contributed by atoms with E-state index < -0.39 is 0 Å². The molecule has 3 N–H and O–H groups in total. The Morgan fingerprint density at radius 3 is 2.64 bits per heavy atom. The van der Waals surface area contributed by atoms with Gasteiger partial charge < -0.3 is 15.7 Å². The molecule has 120 valence electrons.